The van der Waals surface area contributed by atoms with Crippen LogP contribution in [0.1, 0.15) is 28.0 Å². The Hall–Kier alpha value is -1.40. The zero-order valence-electron chi connectivity index (χ0n) is 9.05. The Morgan fingerprint density at radius 2 is 2.35 bits per heavy atom. The highest BCUT2D eigenvalue weighted by molar-refractivity contribution is 7.16. The van der Waals surface area contributed by atoms with E-state index >= 15 is 0 Å². The molecule has 7 heteroatoms. The van der Waals surface area contributed by atoms with Crippen LogP contribution < -0.4 is 0 Å². The quantitative estimate of drug-likeness (QED) is 0.926. The Labute approximate surface area is 107 Å². The van der Waals surface area contributed by atoms with E-state index in [0.29, 0.717) is 23.0 Å². The second kappa shape index (κ2) is 4.85. The molecule has 0 aromatic carbocycles. The van der Waals surface area contributed by atoms with E-state index in [1.54, 1.807) is 4.68 Å². The first-order valence-corrected chi connectivity index (χ1v) is 6.21. The number of aromatic nitrogens is 3. The maximum atomic E-state index is 10.9. The van der Waals surface area contributed by atoms with Gasteiger partial charge in [-0.2, -0.15) is 0 Å². The molecule has 2 aromatic rings. The van der Waals surface area contributed by atoms with Gasteiger partial charge in [0.05, 0.1) is 16.6 Å². The van der Waals surface area contributed by atoms with E-state index in [-0.39, 0.29) is 5.69 Å². The Kier molecular flexibility index (Phi) is 3.44. The lowest BCUT2D eigenvalue weighted by Crippen LogP contribution is -2.07. The largest absolute Gasteiger partial charge is 0.476 e. The van der Waals surface area contributed by atoms with Crippen LogP contribution in [0.5, 0.6) is 0 Å². The maximum Gasteiger partial charge on any atom is 0.358 e. The van der Waals surface area contributed by atoms with Crippen molar-refractivity contribution in [2.24, 2.45) is 0 Å². The summed E-state index contributed by atoms with van der Waals surface area (Å²) < 4.78 is 2.31. The molecule has 0 radical (unpaired) electrons. The Bertz CT molecular complexity index is 549. The van der Waals surface area contributed by atoms with E-state index in [2.05, 4.69) is 10.3 Å². The number of hydrogen-bond acceptors (Lipinski definition) is 4. The fraction of sp³-hybridized carbons (Fsp3) is 0.300. The van der Waals surface area contributed by atoms with E-state index < -0.39 is 5.97 Å². The molecule has 0 atom stereocenters. The van der Waals surface area contributed by atoms with Gasteiger partial charge in [-0.25, -0.2) is 9.48 Å². The first-order chi connectivity index (χ1) is 8.11. The van der Waals surface area contributed by atoms with Crippen LogP contribution in [0.2, 0.25) is 4.34 Å². The van der Waals surface area contributed by atoms with Gasteiger partial charge in [0.25, 0.3) is 0 Å². The molecule has 0 saturated heterocycles. The number of thiophene rings is 1. The Morgan fingerprint density at radius 3 is 2.88 bits per heavy atom. The Balaban J connectivity index is 2.30. The molecule has 0 aliphatic carbocycles. The molecule has 0 spiro atoms. The molecule has 5 nitrogen and oxygen atoms in total. The van der Waals surface area contributed by atoms with Crippen molar-refractivity contribution < 1.29 is 9.90 Å². The first kappa shape index (κ1) is 12.1. The smallest absolute Gasteiger partial charge is 0.358 e. The molecule has 2 aromatic heterocycles. The van der Waals surface area contributed by atoms with Crippen molar-refractivity contribution in [2.45, 2.75) is 19.9 Å². The fourth-order valence-electron chi connectivity index (χ4n) is 1.56. The molecule has 17 heavy (non-hydrogen) atoms. The van der Waals surface area contributed by atoms with E-state index in [1.165, 1.54) is 11.3 Å². The van der Waals surface area contributed by atoms with Crippen molar-refractivity contribution >= 4 is 28.9 Å². The summed E-state index contributed by atoms with van der Waals surface area (Å²) in [5.41, 5.74) is 0.650. The normalized spacial score (nSPS) is 10.7. The van der Waals surface area contributed by atoms with Gasteiger partial charge in [0.15, 0.2) is 5.69 Å². The molecule has 90 valence electrons. The van der Waals surface area contributed by atoms with Crippen molar-refractivity contribution in [3.63, 3.8) is 0 Å². The SMILES string of the molecule is CCc1c(C(=O)O)nnn1Cc1ccc(Cl)s1. The van der Waals surface area contributed by atoms with E-state index in [4.69, 9.17) is 16.7 Å². The van der Waals surface area contributed by atoms with Gasteiger partial charge in [0.1, 0.15) is 0 Å². The van der Waals surface area contributed by atoms with Gasteiger partial charge in [-0.1, -0.05) is 23.7 Å². The molecule has 2 heterocycles. The average molecular weight is 272 g/mol. The monoisotopic (exact) mass is 271 g/mol. The minimum absolute atomic E-state index is 0.0233. The summed E-state index contributed by atoms with van der Waals surface area (Å²) in [4.78, 5) is 11.9. The lowest BCUT2D eigenvalue weighted by molar-refractivity contribution is 0.0689. The third-order valence-corrected chi connectivity index (χ3v) is 3.53. The molecule has 0 bridgehead atoms. The van der Waals surface area contributed by atoms with Gasteiger partial charge in [-0.15, -0.1) is 16.4 Å². The van der Waals surface area contributed by atoms with Crippen molar-refractivity contribution in [3.8, 4) is 0 Å². The highest BCUT2D eigenvalue weighted by Gasteiger charge is 2.17. The zero-order chi connectivity index (χ0) is 12.4. The van der Waals surface area contributed by atoms with Gasteiger partial charge in [-0.05, 0) is 18.6 Å². The molecular formula is C10H10ClN3O2S. The van der Waals surface area contributed by atoms with Gasteiger partial charge >= 0.3 is 5.97 Å². The molecule has 2 rings (SSSR count). The van der Waals surface area contributed by atoms with Gasteiger partial charge in [-0.3, -0.25) is 0 Å². The van der Waals surface area contributed by atoms with Gasteiger partial charge in [0, 0.05) is 4.88 Å². The van der Waals surface area contributed by atoms with E-state index in [9.17, 15) is 4.79 Å². The number of nitrogens with zero attached hydrogens (tertiary/aromatic N) is 3. The van der Waals surface area contributed by atoms with Crippen LogP contribution in [0, 0.1) is 0 Å². The van der Waals surface area contributed by atoms with E-state index in [0.717, 1.165) is 4.88 Å². The number of carboxylic acid groups (broad SMARTS) is 1. The lowest BCUT2D eigenvalue weighted by Gasteiger charge is -2.02. The predicted octanol–water partition coefficient (Wildman–Crippen LogP) is 2.30. The fourth-order valence-corrected chi connectivity index (χ4v) is 2.63. The van der Waals surface area contributed by atoms with Crippen LogP contribution in [0.25, 0.3) is 0 Å². The lowest BCUT2D eigenvalue weighted by atomic mass is 10.2. The van der Waals surface area contributed by atoms with Crippen LogP contribution in [0.3, 0.4) is 0 Å². The third-order valence-electron chi connectivity index (χ3n) is 2.31. The van der Waals surface area contributed by atoms with Crippen molar-refractivity contribution in [2.75, 3.05) is 0 Å². The van der Waals surface area contributed by atoms with Crippen LogP contribution in [0.4, 0.5) is 0 Å². The number of carboxylic acids is 1. The number of rotatable bonds is 4. The summed E-state index contributed by atoms with van der Waals surface area (Å²) >= 11 is 7.28. The van der Waals surface area contributed by atoms with Crippen LogP contribution in [-0.2, 0) is 13.0 Å². The topological polar surface area (TPSA) is 68.0 Å². The molecule has 0 fully saturated rings. The average Bonchev–Trinajstić information content (AvgIpc) is 2.85. The van der Waals surface area contributed by atoms with Crippen molar-refractivity contribution in [1.82, 2.24) is 15.0 Å². The molecular weight excluding hydrogens is 262 g/mol. The zero-order valence-corrected chi connectivity index (χ0v) is 10.6. The summed E-state index contributed by atoms with van der Waals surface area (Å²) in [6, 6.07) is 3.71. The summed E-state index contributed by atoms with van der Waals surface area (Å²) in [5.74, 6) is -1.04. The summed E-state index contributed by atoms with van der Waals surface area (Å²) in [6.45, 7) is 2.38. The first-order valence-electron chi connectivity index (χ1n) is 5.01. The second-order valence-corrected chi connectivity index (χ2v) is 5.21. The summed E-state index contributed by atoms with van der Waals surface area (Å²) in [6.07, 6.45) is 0.577. The minimum Gasteiger partial charge on any atom is -0.476 e. The standard InChI is InChI=1S/C10H10ClN3O2S/c1-2-7-9(10(15)16)12-13-14(7)5-6-3-4-8(11)17-6/h3-4H,2,5H2,1H3,(H,15,16). The third kappa shape index (κ3) is 2.48. The highest BCUT2D eigenvalue weighted by atomic mass is 35.5. The molecule has 0 saturated carbocycles. The van der Waals surface area contributed by atoms with Crippen molar-refractivity contribution in [1.29, 1.82) is 0 Å². The van der Waals surface area contributed by atoms with Crippen LogP contribution in [-0.4, -0.2) is 26.1 Å². The molecule has 1 N–H and O–H groups in total. The van der Waals surface area contributed by atoms with E-state index in [1.807, 2.05) is 19.1 Å². The molecule has 0 amide bonds. The number of aromatic carboxylic acids is 1. The van der Waals surface area contributed by atoms with Gasteiger partial charge < -0.3 is 5.11 Å². The van der Waals surface area contributed by atoms with Gasteiger partial charge in [0.2, 0.25) is 0 Å². The molecule has 0 aliphatic heterocycles. The highest BCUT2D eigenvalue weighted by Crippen LogP contribution is 2.22. The Morgan fingerprint density at radius 1 is 1.59 bits per heavy atom. The number of carbonyl (C=O) groups is 1. The van der Waals surface area contributed by atoms with Crippen LogP contribution in [0.15, 0.2) is 12.1 Å². The van der Waals surface area contributed by atoms with Crippen molar-refractivity contribution in [3.05, 3.63) is 32.7 Å². The predicted molar refractivity (Wildman–Crippen MR) is 64.8 cm³/mol. The number of hydrogen-bond donors (Lipinski definition) is 1. The molecule has 0 aliphatic rings. The summed E-state index contributed by atoms with van der Waals surface area (Å²) in [5, 5.41) is 16.5. The second-order valence-electron chi connectivity index (χ2n) is 3.41. The molecule has 0 unspecified atom stereocenters. The maximum absolute atomic E-state index is 10.9. The van der Waals surface area contributed by atoms with Crippen LogP contribution >= 0.6 is 22.9 Å². The summed E-state index contributed by atoms with van der Waals surface area (Å²) in [7, 11) is 0. The number of halogens is 1. The minimum atomic E-state index is -1.04.